The number of pyridine rings is 5. The molecule has 0 amide bonds. The highest BCUT2D eigenvalue weighted by molar-refractivity contribution is 5.97. The van der Waals surface area contributed by atoms with Crippen LogP contribution in [0.2, 0.25) is 0 Å². The average Bonchev–Trinajstić information content (AvgIpc) is 0.786. The number of rotatable bonds is 12. The van der Waals surface area contributed by atoms with Gasteiger partial charge in [0.2, 0.25) is 0 Å². The summed E-state index contributed by atoms with van der Waals surface area (Å²) in [6, 6.07) is 7.79. The van der Waals surface area contributed by atoms with Crippen molar-refractivity contribution in [2.24, 2.45) is 27.1 Å². The average molecular weight is 1260 g/mol. The molecule has 0 aromatic carbocycles. The summed E-state index contributed by atoms with van der Waals surface area (Å²) in [4.78, 5) is 87.8. The SMILES string of the molecule is C#Cc1cnc(N2CC3(COC3)C2)c(C(=O)O)c1.C=C(C)c1cnc(N2CC3(COC3)C2)c(C(=O)O)c1.O=C(O)c1cc(C2CC2)cnc1N1CC2(COC2)C1.O=C(O)c1cc(F)cnc1N1CC2(COC2)C1.O=C(O)c1cc2c(nc1N1CC3(COC3)C1)CCC2. The largest absolute Gasteiger partial charge is 0.478 e. The van der Waals surface area contributed by atoms with E-state index >= 15 is 0 Å². The van der Waals surface area contributed by atoms with E-state index in [-0.39, 0.29) is 43.8 Å². The number of ether oxygens (including phenoxy) is 5. The molecule has 92 heavy (non-hydrogen) atoms. The van der Waals surface area contributed by atoms with E-state index in [2.05, 4.69) is 47.2 Å². The van der Waals surface area contributed by atoms with E-state index in [1.807, 2.05) is 40.0 Å². The summed E-state index contributed by atoms with van der Waals surface area (Å²) in [6.07, 6.45) is 16.7. The summed E-state index contributed by atoms with van der Waals surface area (Å²) < 4.78 is 39.0. The van der Waals surface area contributed by atoms with Crippen molar-refractivity contribution >= 4 is 64.5 Å². The van der Waals surface area contributed by atoms with Crippen LogP contribution >= 0.6 is 0 Å². The number of aryl methyl sites for hydroxylation is 2. The van der Waals surface area contributed by atoms with Crippen LogP contribution in [-0.2, 0) is 36.5 Å². The van der Waals surface area contributed by atoms with E-state index < -0.39 is 35.7 Å². The zero-order chi connectivity index (χ0) is 64.5. The molecule has 482 valence electrons. The van der Waals surface area contributed by atoms with E-state index in [4.69, 9.17) is 35.2 Å². The number of halogens is 1. The number of terminal acetylenes is 1. The Kier molecular flexibility index (Phi) is 16.2. The number of aromatic carboxylic acids is 5. The Morgan fingerprint density at radius 3 is 1.24 bits per heavy atom. The van der Waals surface area contributed by atoms with Gasteiger partial charge in [0.25, 0.3) is 0 Å². The van der Waals surface area contributed by atoms with Gasteiger partial charge in [-0.15, -0.1) is 6.42 Å². The van der Waals surface area contributed by atoms with E-state index in [0.717, 1.165) is 191 Å². The van der Waals surface area contributed by atoms with Gasteiger partial charge in [-0.3, -0.25) is 0 Å². The molecule has 5 N–H and O–H groups in total. The van der Waals surface area contributed by atoms with Crippen molar-refractivity contribution in [1.82, 2.24) is 24.9 Å². The molecule has 0 radical (unpaired) electrons. The van der Waals surface area contributed by atoms with Crippen molar-refractivity contribution in [3.8, 4) is 12.3 Å². The quantitative estimate of drug-likeness (QED) is 0.0949. The third-order valence-electron chi connectivity index (χ3n) is 19.2. The number of fused-ring (bicyclic) bond motifs is 1. The molecule has 5 spiro atoms. The molecular formula is C66H71FN10O15. The topological polar surface area (TPSA) is 313 Å². The highest BCUT2D eigenvalue weighted by Gasteiger charge is 2.54. The van der Waals surface area contributed by atoms with Gasteiger partial charge in [0.05, 0.1) is 99.3 Å². The molecule has 25 nitrogen and oxygen atoms in total. The molecule has 12 aliphatic rings. The van der Waals surface area contributed by atoms with Crippen molar-refractivity contribution in [1.29, 1.82) is 0 Å². The van der Waals surface area contributed by atoms with E-state index in [1.165, 1.54) is 12.3 Å². The van der Waals surface area contributed by atoms with Crippen LogP contribution in [0, 0.1) is 45.2 Å². The van der Waals surface area contributed by atoms with Gasteiger partial charge in [0.1, 0.15) is 62.7 Å². The normalized spacial score (nSPS) is 21.5. The van der Waals surface area contributed by atoms with Gasteiger partial charge in [-0.05, 0) is 97.5 Å². The van der Waals surface area contributed by atoms with Crippen molar-refractivity contribution in [3.05, 3.63) is 123 Å². The maximum absolute atomic E-state index is 13.0. The van der Waals surface area contributed by atoms with E-state index in [9.17, 15) is 48.8 Å². The summed E-state index contributed by atoms with van der Waals surface area (Å²) in [5, 5.41) is 46.3. The molecular weight excluding hydrogens is 1190 g/mol. The molecule has 10 saturated heterocycles. The minimum absolute atomic E-state index is 0.0832. The van der Waals surface area contributed by atoms with Crippen LogP contribution in [0.1, 0.15) is 112 Å². The fourth-order valence-electron chi connectivity index (χ4n) is 13.7. The van der Waals surface area contributed by atoms with Gasteiger partial charge < -0.3 is 73.7 Å². The number of hydrogen-bond acceptors (Lipinski definition) is 20. The molecule has 11 fully saturated rings. The highest BCUT2D eigenvalue weighted by Crippen LogP contribution is 2.47. The van der Waals surface area contributed by atoms with Crippen LogP contribution in [0.4, 0.5) is 33.5 Å². The molecule has 0 unspecified atom stereocenters. The number of allylic oxidation sites excluding steroid dienone is 1. The Balaban J connectivity index is 0.000000105. The first-order valence-corrected chi connectivity index (χ1v) is 30.7. The number of carboxylic acids is 5. The van der Waals surface area contributed by atoms with Crippen molar-refractivity contribution in [2.75, 3.05) is 156 Å². The number of carboxylic acid groups (broad SMARTS) is 5. The molecule has 0 atom stereocenters. The van der Waals surface area contributed by atoms with Gasteiger partial charge in [0.15, 0.2) is 0 Å². The van der Waals surface area contributed by atoms with Crippen molar-refractivity contribution < 1.29 is 77.6 Å². The fraction of sp³-hybridized carbons (Fsp3) is 0.485. The minimum Gasteiger partial charge on any atom is -0.478 e. The fourth-order valence-corrected chi connectivity index (χ4v) is 13.7. The lowest BCUT2D eigenvalue weighted by molar-refractivity contribution is -0.127. The van der Waals surface area contributed by atoms with Gasteiger partial charge in [0, 0.05) is 95.3 Å². The Labute approximate surface area is 528 Å². The van der Waals surface area contributed by atoms with Gasteiger partial charge >= 0.3 is 29.8 Å². The van der Waals surface area contributed by atoms with Crippen LogP contribution in [-0.4, -0.2) is 212 Å². The third kappa shape index (κ3) is 12.0. The lowest BCUT2D eigenvalue weighted by Crippen LogP contribution is -2.66. The number of aromatic nitrogens is 5. The zero-order valence-corrected chi connectivity index (χ0v) is 50.9. The van der Waals surface area contributed by atoms with Crippen molar-refractivity contribution in [3.63, 3.8) is 0 Å². The second-order valence-corrected chi connectivity index (χ2v) is 27.1. The second-order valence-electron chi connectivity index (χ2n) is 27.1. The van der Waals surface area contributed by atoms with Gasteiger partial charge in [-0.2, -0.15) is 0 Å². The Morgan fingerprint density at radius 2 is 0.859 bits per heavy atom. The smallest absolute Gasteiger partial charge is 0.339 e. The highest BCUT2D eigenvalue weighted by atomic mass is 19.1. The monoisotopic (exact) mass is 1260 g/mol. The maximum atomic E-state index is 13.0. The minimum atomic E-state index is -1.15. The molecule has 5 aromatic rings. The Morgan fingerprint density at radius 1 is 0.500 bits per heavy atom. The molecule has 17 rings (SSSR count). The lowest BCUT2D eigenvalue weighted by atomic mass is 9.78. The first-order valence-electron chi connectivity index (χ1n) is 30.7. The molecule has 2 aliphatic carbocycles. The van der Waals surface area contributed by atoms with Gasteiger partial charge in [-0.25, -0.2) is 53.3 Å². The Hall–Kier alpha value is -8.87. The van der Waals surface area contributed by atoms with Crippen LogP contribution < -0.4 is 24.5 Å². The van der Waals surface area contributed by atoms with Crippen LogP contribution in [0.25, 0.3) is 5.57 Å². The molecule has 1 saturated carbocycles. The Bertz CT molecular complexity index is 3830. The molecule has 5 aromatic heterocycles. The number of nitrogens with zero attached hydrogens (tertiary/aromatic N) is 10. The lowest BCUT2D eigenvalue weighted by Gasteiger charge is -2.55. The number of anilines is 5. The predicted molar refractivity (Wildman–Crippen MR) is 330 cm³/mol. The summed E-state index contributed by atoms with van der Waals surface area (Å²) in [5.41, 5.74) is 7.56. The standard InChI is InChI=1S/3C14H16N2O3.C13H12N2O3.C11H11FN2O3/c17-13(18)11-3-10(9-1-2-9)4-15-12(11)16-5-14(6-16)7-19-8-14;17-13(18)10-4-9-2-1-3-11(9)15-12(10)16-5-14(6-16)7-19-8-14;1-9(2)10-3-11(13(17)18)12(15-4-10)16-5-14(6-16)7-19-8-14;1-2-9-3-10(12(16)17)11(14-4-9)15-5-13(6-15)7-18-8-13;12-7-1-8(10(15)16)9(13-2-7)14-3-11(4-14)5-17-6-11/h3-4,9H,1-2,5-8H2,(H,17,18);4H,1-3,5-8H2,(H,17,18);3-4H,1,5-8H2,2H3,(H,17,18);1,3-4H,5-8H2,(H,16,17);1-2H,3-6H2,(H,15,16). The van der Waals surface area contributed by atoms with Crippen molar-refractivity contribution in [2.45, 2.75) is 44.9 Å². The summed E-state index contributed by atoms with van der Waals surface area (Å²) >= 11 is 0. The zero-order valence-electron chi connectivity index (χ0n) is 50.9. The maximum Gasteiger partial charge on any atom is 0.339 e. The second kappa shape index (κ2) is 24.0. The van der Waals surface area contributed by atoms with Crippen LogP contribution in [0.15, 0.2) is 61.7 Å². The van der Waals surface area contributed by atoms with E-state index in [1.54, 1.807) is 12.3 Å². The predicted octanol–water partition coefficient (Wildman–Crippen LogP) is 5.60. The third-order valence-corrected chi connectivity index (χ3v) is 19.2. The van der Waals surface area contributed by atoms with Gasteiger partial charge in [-0.1, -0.05) is 12.5 Å². The molecule has 15 heterocycles. The first-order chi connectivity index (χ1) is 44.1. The number of hydrogen-bond donors (Lipinski definition) is 5. The summed E-state index contributed by atoms with van der Waals surface area (Å²) in [7, 11) is 0. The molecule has 26 heteroatoms. The molecule has 0 bridgehead atoms. The number of carbonyl (C=O) groups is 5. The summed E-state index contributed by atoms with van der Waals surface area (Å²) in [5.74, 6) is 0.116. The first kappa shape index (κ1) is 62.0. The molecule has 10 aliphatic heterocycles. The van der Waals surface area contributed by atoms with Crippen LogP contribution in [0.5, 0.6) is 0 Å². The summed E-state index contributed by atoms with van der Waals surface area (Å²) in [6.45, 7) is 21.5. The van der Waals surface area contributed by atoms with Crippen LogP contribution in [0.3, 0.4) is 0 Å². The van der Waals surface area contributed by atoms with E-state index in [0.29, 0.717) is 64.9 Å².